The van der Waals surface area contributed by atoms with Gasteiger partial charge in [0, 0.05) is 0 Å². The highest BCUT2D eigenvalue weighted by Crippen LogP contribution is 2.35. The number of nitrogen functional groups attached to an aromatic ring is 1. The standard InChI is InChI=1S/C14H12N2O/c1-8(15)14-13(16)12-10-5-3-2-4-9(10)6-7-11(12)17-14/h2-7H,1,15-16H2. The molecular formula is C14H12N2O. The van der Waals surface area contributed by atoms with Crippen LogP contribution in [0.5, 0.6) is 0 Å². The molecule has 4 N–H and O–H groups in total. The van der Waals surface area contributed by atoms with E-state index in [2.05, 4.69) is 6.58 Å². The van der Waals surface area contributed by atoms with Crippen molar-refractivity contribution in [2.45, 2.75) is 0 Å². The minimum atomic E-state index is 0.350. The Labute approximate surface area is 98.3 Å². The highest BCUT2D eigenvalue weighted by molar-refractivity contribution is 6.13. The number of furan rings is 1. The predicted molar refractivity (Wildman–Crippen MR) is 71.4 cm³/mol. The van der Waals surface area contributed by atoms with E-state index in [0.717, 1.165) is 21.7 Å². The lowest BCUT2D eigenvalue weighted by Crippen LogP contribution is -1.96. The van der Waals surface area contributed by atoms with Gasteiger partial charge in [-0.25, -0.2) is 0 Å². The third kappa shape index (κ3) is 1.29. The monoisotopic (exact) mass is 224 g/mol. The lowest BCUT2D eigenvalue weighted by Gasteiger charge is -1.99. The van der Waals surface area contributed by atoms with Crippen LogP contribution in [0.4, 0.5) is 5.69 Å². The Bertz CT molecular complexity index is 740. The van der Waals surface area contributed by atoms with Gasteiger partial charge < -0.3 is 15.9 Å². The lowest BCUT2D eigenvalue weighted by molar-refractivity contribution is 0.600. The number of hydrogen-bond acceptors (Lipinski definition) is 3. The molecule has 3 aromatic rings. The first-order valence-electron chi connectivity index (χ1n) is 5.33. The molecule has 0 aliphatic heterocycles. The third-order valence-electron chi connectivity index (χ3n) is 2.91. The highest BCUT2D eigenvalue weighted by atomic mass is 16.3. The predicted octanol–water partition coefficient (Wildman–Crippen LogP) is 3.10. The molecule has 0 unspecified atom stereocenters. The summed E-state index contributed by atoms with van der Waals surface area (Å²) in [6.45, 7) is 3.67. The molecular weight excluding hydrogens is 212 g/mol. The van der Waals surface area contributed by atoms with Crippen molar-refractivity contribution in [2.24, 2.45) is 5.73 Å². The van der Waals surface area contributed by atoms with Crippen LogP contribution in [0.2, 0.25) is 0 Å². The maximum absolute atomic E-state index is 6.07. The summed E-state index contributed by atoms with van der Waals surface area (Å²) in [5, 5.41) is 3.10. The van der Waals surface area contributed by atoms with Crippen molar-refractivity contribution in [1.82, 2.24) is 0 Å². The summed E-state index contributed by atoms with van der Waals surface area (Å²) in [6.07, 6.45) is 0. The number of nitrogens with two attached hydrogens (primary N) is 2. The highest BCUT2D eigenvalue weighted by Gasteiger charge is 2.14. The van der Waals surface area contributed by atoms with Crippen molar-refractivity contribution in [3.63, 3.8) is 0 Å². The summed E-state index contributed by atoms with van der Waals surface area (Å²) in [7, 11) is 0. The molecule has 0 saturated heterocycles. The minimum absolute atomic E-state index is 0.350. The molecule has 84 valence electrons. The summed E-state index contributed by atoms with van der Waals surface area (Å²) in [6, 6.07) is 11.9. The first-order valence-corrected chi connectivity index (χ1v) is 5.33. The fourth-order valence-electron chi connectivity index (χ4n) is 2.13. The van der Waals surface area contributed by atoms with Crippen LogP contribution in [0, 0.1) is 0 Å². The lowest BCUT2D eigenvalue weighted by atomic mass is 10.1. The second-order valence-corrected chi connectivity index (χ2v) is 4.03. The van der Waals surface area contributed by atoms with E-state index < -0.39 is 0 Å². The van der Waals surface area contributed by atoms with Gasteiger partial charge in [-0.2, -0.15) is 0 Å². The molecule has 0 aliphatic carbocycles. The van der Waals surface area contributed by atoms with E-state index in [1.54, 1.807) is 0 Å². The molecule has 0 spiro atoms. The quantitative estimate of drug-likeness (QED) is 0.667. The maximum atomic E-state index is 6.07. The molecule has 1 heterocycles. The number of hydrogen-bond donors (Lipinski definition) is 2. The SMILES string of the molecule is C=C(N)c1oc2ccc3ccccc3c2c1N. The van der Waals surface area contributed by atoms with Gasteiger partial charge in [0.15, 0.2) is 5.76 Å². The van der Waals surface area contributed by atoms with Gasteiger partial charge in [-0.3, -0.25) is 0 Å². The first kappa shape index (κ1) is 9.78. The van der Waals surface area contributed by atoms with E-state index in [1.807, 2.05) is 36.4 Å². The molecule has 0 bridgehead atoms. The van der Waals surface area contributed by atoms with E-state index in [4.69, 9.17) is 15.9 Å². The van der Waals surface area contributed by atoms with Crippen LogP contribution in [0.25, 0.3) is 27.4 Å². The van der Waals surface area contributed by atoms with Crippen molar-refractivity contribution >= 4 is 33.1 Å². The number of fused-ring (bicyclic) bond motifs is 3. The molecule has 0 saturated carbocycles. The van der Waals surface area contributed by atoms with Crippen LogP contribution >= 0.6 is 0 Å². The first-order chi connectivity index (χ1) is 8.18. The Morgan fingerprint density at radius 2 is 1.88 bits per heavy atom. The molecule has 3 nitrogen and oxygen atoms in total. The Hall–Kier alpha value is -2.42. The van der Waals surface area contributed by atoms with Gasteiger partial charge in [0.25, 0.3) is 0 Å². The Morgan fingerprint density at radius 1 is 1.12 bits per heavy atom. The summed E-state index contributed by atoms with van der Waals surface area (Å²) in [5.41, 5.74) is 13.4. The summed E-state index contributed by atoms with van der Waals surface area (Å²) in [5.74, 6) is 0.469. The summed E-state index contributed by atoms with van der Waals surface area (Å²) >= 11 is 0. The maximum Gasteiger partial charge on any atom is 0.173 e. The fourth-order valence-corrected chi connectivity index (χ4v) is 2.13. The fraction of sp³-hybridized carbons (Fsp3) is 0. The van der Waals surface area contributed by atoms with Crippen molar-refractivity contribution in [1.29, 1.82) is 0 Å². The zero-order valence-corrected chi connectivity index (χ0v) is 9.23. The van der Waals surface area contributed by atoms with E-state index >= 15 is 0 Å². The van der Waals surface area contributed by atoms with Crippen LogP contribution in [0.15, 0.2) is 47.4 Å². The Morgan fingerprint density at radius 3 is 2.65 bits per heavy atom. The van der Waals surface area contributed by atoms with Crippen molar-refractivity contribution in [2.75, 3.05) is 5.73 Å². The summed E-state index contributed by atoms with van der Waals surface area (Å²) in [4.78, 5) is 0. The van der Waals surface area contributed by atoms with Crippen LogP contribution in [0.3, 0.4) is 0 Å². The smallest absolute Gasteiger partial charge is 0.173 e. The molecule has 0 radical (unpaired) electrons. The number of benzene rings is 2. The minimum Gasteiger partial charge on any atom is -0.452 e. The van der Waals surface area contributed by atoms with Gasteiger partial charge in [0.05, 0.1) is 16.8 Å². The molecule has 0 atom stereocenters. The van der Waals surface area contributed by atoms with Crippen LogP contribution in [-0.2, 0) is 0 Å². The second kappa shape index (κ2) is 3.28. The Kier molecular flexibility index (Phi) is 1.89. The zero-order chi connectivity index (χ0) is 12.0. The van der Waals surface area contributed by atoms with Crippen LogP contribution < -0.4 is 11.5 Å². The third-order valence-corrected chi connectivity index (χ3v) is 2.91. The van der Waals surface area contributed by atoms with Crippen LogP contribution in [0.1, 0.15) is 5.76 Å². The van der Waals surface area contributed by atoms with E-state index in [9.17, 15) is 0 Å². The van der Waals surface area contributed by atoms with Crippen molar-refractivity contribution < 1.29 is 4.42 Å². The molecule has 1 aromatic heterocycles. The molecule has 3 rings (SSSR count). The Balaban J connectivity index is 2.53. The average molecular weight is 224 g/mol. The van der Waals surface area contributed by atoms with E-state index in [-0.39, 0.29) is 0 Å². The van der Waals surface area contributed by atoms with Gasteiger partial charge in [-0.05, 0) is 16.8 Å². The van der Waals surface area contributed by atoms with Gasteiger partial charge >= 0.3 is 0 Å². The molecule has 0 amide bonds. The van der Waals surface area contributed by atoms with Gasteiger partial charge in [-0.1, -0.05) is 36.9 Å². The summed E-state index contributed by atoms with van der Waals surface area (Å²) < 4.78 is 5.62. The van der Waals surface area contributed by atoms with Gasteiger partial charge in [0.2, 0.25) is 0 Å². The molecule has 0 aliphatic rings. The molecule has 0 fully saturated rings. The van der Waals surface area contributed by atoms with E-state index in [0.29, 0.717) is 17.1 Å². The molecule has 17 heavy (non-hydrogen) atoms. The van der Waals surface area contributed by atoms with Crippen molar-refractivity contribution in [3.8, 4) is 0 Å². The second-order valence-electron chi connectivity index (χ2n) is 4.03. The topological polar surface area (TPSA) is 65.2 Å². The van der Waals surface area contributed by atoms with E-state index in [1.165, 1.54) is 0 Å². The van der Waals surface area contributed by atoms with Crippen molar-refractivity contribution in [3.05, 3.63) is 48.7 Å². The zero-order valence-electron chi connectivity index (χ0n) is 9.23. The normalized spacial score (nSPS) is 11.1. The number of rotatable bonds is 1. The number of anilines is 1. The van der Waals surface area contributed by atoms with Crippen LogP contribution in [-0.4, -0.2) is 0 Å². The molecule has 3 heteroatoms. The largest absolute Gasteiger partial charge is 0.452 e. The van der Waals surface area contributed by atoms with Gasteiger partial charge in [-0.15, -0.1) is 0 Å². The average Bonchev–Trinajstić information content (AvgIpc) is 2.67. The van der Waals surface area contributed by atoms with Gasteiger partial charge in [0.1, 0.15) is 5.58 Å². The molecule has 2 aromatic carbocycles.